The van der Waals surface area contributed by atoms with Crippen molar-refractivity contribution in [3.8, 4) is 0 Å². The summed E-state index contributed by atoms with van der Waals surface area (Å²) in [6, 6.07) is 0.691. The van der Waals surface area contributed by atoms with E-state index in [1.165, 1.54) is 19.3 Å². The minimum absolute atomic E-state index is 0.325. The van der Waals surface area contributed by atoms with Crippen LogP contribution in [-0.4, -0.2) is 28.3 Å². The second-order valence-electron chi connectivity index (χ2n) is 5.67. The van der Waals surface area contributed by atoms with Crippen LogP contribution in [-0.2, 0) is 10.8 Å². The zero-order valence-corrected chi connectivity index (χ0v) is 12.0. The Morgan fingerprint density at radius 2 is 1.81 bits per heavy atom. The molecule has 0 aromatic rings. The Morgan fingerprint density at radius 1 is 1.25 bits per heavy atom. The summed E-state index contributed by atoms with van der Waals surface area (Å²) < 4.78 is 11.2. The fraction of sp³-hybridized carbons (Fsp3) is 1.00. The second-order valence-corrected chi connectivity index (χ2v) is 7.47. The first-order valence-electron chi connectivity index (χ1n) is 6.54. The molecule has 1 aliphatic carbocycles. The molecule has 1 N–H and O–H groups in total. The molecule has 0 radical (unpaired) electrons. The van der Waals surface area contributed by atoms with E-state index in [9.17, 15) is 4.21 Å². The molecule has 1 rings (SSSR count). The van der Waals surface area contributed by atoms with Gasteiger partial charge in [0.25, 0.3) is 0 Å². The molecule has 2 nitrogen and oxygen atoms in total. The van der Waals surface area contributed by atoms with Crippen molar-refractivity contribution in [2.75, 3.05) is 12.8 Å². The van der Waals surface area contributed by atoms with Gasteiger partial charge in [-0.2, -0.15) is 0 Å². The Labute approximate surface area is 103 Å². The van der Waals surface area contributed by atoms with Gasteiger partial charge in [0.1, 0.15) is 0 Å². The Morgan fingerprint density at radius 3 is 2.31 bits per heavy atom. The minimum atomic E-state index is -0.671. The molecule has 1 aliphatic rings. The third-order valence-corrected chi connectivity index (χ3v) is 5.10. The van der Waals surface area contributed by atoms with Crippen molar-refractivity contribution in [2.24, 2.45) is 11.8 Å². The number of hydrogen-bond acceptors (Lipinski definition) is 2. The highest BCUT2D eigenvalue weighted by Crippen LogP contribution is 2.28. The van der Waals surface area contributed by atoms with Crippen molar-refractivity contribution in [3.05, 3.63) is 0 Å². The average Bonchev–Trinajstić information content (AvgIpc) is 2.15. The lowest BCUT2D eigenvalue weighted by Gasteiger charge is -2.32. The minimum Gasteiger partial charge on any atom is -0.314 e. The van der Waals surface area contributed by atoms with E-state index in [1.807, 2.05) is 0 Å². The maximum atomic E-state index is 11.2. The van der Waals surface area contributed by atoms with Gasteiger partial charge in [0.05, 0.1) is 0 Å². The van der Waals surface area contributed by atoms with Crippen molar-refractivity contribution in [1.82, 2.24) is 5.32 Å². The van der Waals surface area contributed by atoms with Crippen LogP contribution in [0, 0.1) is 11.8 Å². The van der Waals surface area contributed by atoms with Gasteiger partial charge < -0.3 is 5.32 Å². The highest BCUT2D eigenvalue weighted by Gasteiger charge is 2.23. The Hall–Kier alpha value is 0.110. The first-order valence-corrected chi connectivity index (χ1v) is 8.16. The molecule has 0 aliphatic heterocycles. The van der Waals surface area contributed by atoms with E-state index in [0.717, 1.165) is 24.8 Å². The molecule has 4 unspecified atom stereocenters. The van der Waals surface area contributed by atoms with Crippen LogP contribution in [0.25, 0.3) is 0 Å². The Kier molecular flexibility index (Phi) is 5.98. The summed E-state index contributed by atoms with van der Waals surface area (Å²) in [7, 11) is -0.671. The molecular formula is C13H27NOS. The molecule has 1 fully saturated rings. The summed E-state index contributed by atoms with van der Waals surface area (Å²) in [5.41, 5.74) is 0. The largest absolute Gasteiger partial charge is 0.314 e. The summed E-state index contributed by atoms with van der Waals surface area (Å²) in [5, 5.41) is 3.96. The maximum absolute atomic E-state index is 11.2. The lowest BCUT2D eigenvalue weighted by molar-refractivity contribution is 0.239. The summed E-state index contributed by atoms with van der Waals surface area (Å²) in [6.45, 7) is 7.80. The van der Waals surface area contributed by atoms with Gasteiger partial charge in [0, 0.05) is 28.3 Å². The molecular weight excluding hydrogens is 218 g/mol. The van der Waals surface area contributed by atoms with Gasteiger partial charge in [-0.25, -0.2) is 0 Å². The Bertz CT molecular complexity index is 222. The van der Waals surface area contributed by atoms with Crippen LogP contribution >= 0.6 is 0 Å². The summed E-state index contributed by atoms with van der Waals surface area (Å²) in [4.78, 5) is 0. The van der Waals surface area contributed by atoms with Crippen molar-refractivity contribution in [1.29, 1.82) is 0 Å². The van der Waals surface area contributed by atoms with Gasteiger partial charge in [-0.05, 0) is 44.1 Å². The van der Waals surface area contributed by atoms with Crippen LogP contribution in [0.15, 0.2) is 0 Å². The van der Waals surface area contributed by atoms with Crippen LogP contribution in [0.2, 0.25) is 0 Å². The molecule has 0 bridgehead atoms. The molecule has 0 heterocycles. The molecule has 0 spiro atoms. The van der Waals surface area contributed by atoms with E-state index >= 15 is 0 Å². The smallest absolute Gasteiger partial charge is 0.0329 e. The van der Waals surface area contributed by atoms with Gasteiger partial charge in [-0.1, -0.05) is 20.8 Å². The van der Waals surface area contributed by atoms with E-state index in [-0.39, 0.29) is 0 Å². The topological polar surface area (TPSA) is 29.1 Å². The zero-order valence-electron chi connectivity index (χ0n) is 11.2. The van der Waals surface area contributed by atoms with Crippen molar-refractivity contribution >= 4 is 10.8 Å². The third kappa shape index (κ3) is 4.96. The van der Waals surface area contributed by atoms with E-state index in [2.05, 4.69) is 26.1 Å². The standard InChI is InChI=1S/C13H27NOS/c1-10-7-11(2)9-13(8-10)14-6-5-12(3)16(4)15/h10-14H,5-9H2,1-4H3. The molecule has 1 saturated carbocycles. The fourth-order valence-electron chi connectivity index (χ4n) is 2.77. The molecule has 96 valence electrons. The molecule has 0 saturated heterocycles. The second kappa shape index (κ2) is 6.75. The van der Waals surface area contributed by atoms with Gasteiger partial charge >= 0.3 is 0 Å². The zero-order chi connectivity index (χ0) is 12.1. The van der Waals surface area contributed by atoms with E-state index in [0.29, 0.717) is 11.3 Å². The van der Waals surface area contributed by atoms with E-state index in [1.54, 1.807) is 6.26 Å². The molecule has 4 atom stereocenters. The van der Waals surface area contributed by atoms with Crippen LogP contribution < -0.4 is 5.32 Å². The predicted octanol–water partition coefficient (Wildman–Crippen LogP) is 2.56. The molecule has 0 amide bonds. The average molecular weight is 245 g/mol. The van der Waals surface area contributed by atoms with Crippen molar-refractivity contribution in [3.63, 3.8) is 0 Å². The van der Waals surface area contributed by atoms with Gasteiger partial charge in [-0.3, -0.25) is 4.21 Å². The highest BCUT2D eigenvalue weighted by atomic mass is 32.2. The molecule has 0 aromatic heterocycles. The number of rotatable bonds is 5. The van der Waals surface area contributed by atoms with Crippen molar-refractivity contribution < 1.29 is 4.21 Å². The predicted molar refractivity (Wildman–Crippen MR) is 72.1 cm³/mol. The number of hydrogen-bond donors (Lipinski definition) is 1. The summed E-state index contributed by atoms with van der Waals surface area (Å²) in [5.74, 6) is 1.72. The fourth-order valence-corrected chi connectivity index (χ4v) is 3.22. The highest BCUT2D eigenvalue weighted by molar-refractivity contribution is 7.84. The van der Waals surface area contributed by atoms with Crippen LogP contribution in [0.1, 0.15) is 46.5 Å². The van der Waals surface area contributed by atoms with Crippen LogP contribution in [0.4, 0.5) is 0 Å². The summed E-state index contributed by atoms with van der Waals surface area (Å²) in [6.07, 6.45) is 6.84. The lowest BCUT2D eigenvalue weighted by Crippen LogP contribution is -2.37. The SMILES string of the molecule is CC1CC(C)CC(NCCC(C)S(C)=O)C1. The molecule has 3 heteroatoms. The van der Waals surface area contributed by atoms with Gasteiger partial charge in [0.15, 0.2) is 0 Å². The number of nitrogens with one attached hydrogen (secondary N) is 1. The maximum Gasteiger partial charge on any atom is 0.0329 e. The van der Waals surface area contributed by atoms with Crippen molar-refractivity contribution in [2.45, 2.75) is 57.7 Å². The molecule has 0 aromatic carbocycles. The third-order valence-electron chi connectivity index (χ3n) is 3.73. The Balaban J connectivity index is 2.19. The van der Waals surface area contributed by atoms with Crippen LogP contribution in [0.3, 0.4) is 0 Å². The monoisotopic (exact) mass is 245 g/mol. The first kappa shape index (κ1) is 14.2. The van der Waals surface area contributed by atoms with Gasteiger partial charge in [0.2, 0.25) is 0 Å². The van der Waals surface area contributed by atoms with Gasteiger partial charge in [-0.15, -0.1) is 0 Å². The molecule has 16 heavy (non-hydrogen) atoms. The quantitative estimate of drug-likeness (QED) is 0.806. The normalized spacial score (nSPS) is 34.6. The first-order chi connectivity index (χ1) is 7.49. The summed E-state index contributed by atoms with van der Waals surface area (Å²) >= 11 is 0. The van der Waals surface area contributed by atoms with E-state index < -0.39 is 10.8 Å². The lowest BCUT2D eigenvalue weighted by atomic mass is 9.80. The van der Waals surface area contributed by atoms with E-state index in [4.69, 9.17) is 0 Å². The van der Waals surface area contributed by atoms with Crippen LogP contribution in [0.5, 0.6) is 0 Å².